The second-order valence-electron chi connectivity index (χ2n) is 16.0. The zero-order chi connectivity index (χ0) is 41.4. The molecule has 0 aliphatic heterocycles. The second-order valence-corrected chi connectivity index (χ2v) is 17.1. The Balaban J connectivity index is 0.920. The number of benzene rings is 7. The van der Waals surface area contributed by atoms with Crippen LogP contribution in [0.4, 0.5) is 0 Å². The summed E-state index contributed by atoms with van der Waals surface area (Å²) in [5.74, 6) is 1.78. The first-order valence-electron chi connectivity index (χ1n) is 21.2. The molecule has 0 N–H and O–H groups in total. The summed E-state index contributed by atoms with van der Waals surface area (Å²) in [5, 5.41) is 4.77. The van der Waals surface area contributed by atoms with E-state index in [1.807, 2.05) is 12.3 Å². The molecule has 294 valence electrons. The Labute approximate surface area is 366 Å². The molecule has 63 heavy (non-hydrogen) atoms. The highest BCUT2D eigenvalue weighted by atomic mass is 32.1. The number of rotatable bonds is 6. The van der Waals surface area contributed by atoms with Crippen LogP contribution in [0.1, 0.15) is 0 Å². The van der Waals surface area contributed by atoms with E-state index in [0.717, 1.165) is 82.1 Å². The van der Waals surface area contributed by atoms with Gasteiger partial charge in [-0.05, 0) is 112 Å². The molecular formula is C57H35N5S. The average molecular weight is 822 g/mol. The van der Waals surface area contributed by atoms with Gasteiger partial charge in [0, 0.05) is 33.3 Å². The average Bonchev–Trinajstić information content (AvgIpc) is 4.01. The first kappa shape index (κ1) is 35.6. The van der Waals surface area contributed by atoms with Gasteiger partial charge in [0.1, 0.15) is 22.7 Å². The minimum Gasteiger partial charge on any atom is -0.294 e. The normalized spacial score (nSPS) is 11.8. The Hall–Kier alpha value is -8.19. The van der Waals surface area contributed by atoms with E-state index < -0.39 is 0 Å². The van der Waals surface area contributed by atoms with Crippen LogP contribution in [0.5, 0.6) is 0 Å². The lowest BCUT2D eigenvalue weighted by atomic mass is 9.97. The Morgan fingerprint density at radius 2 is 0.873 bits per heavy atom. The molecule has 0 aliphatic rings. The van der Waals surface area contributed by atoms with Crippen molar-refractivity contribution in [3.63, 3.8) is 0 Å². The number of hydrogen-bond acceptors (Lipinski definition) is 4. The third-order valence-corrected chi connectivity index (χ3v) is 13.5. The van der Waals surface area contributed by atoms with Crippen LogP contribution >= 0.6 is 11.3 Å². The van der Waals surface area contributed by atoms with Crippen molar-refractivity contribution in [3.8, 4) is 56.3 Å². The summed E-state index contributed by atoms with van der Waals surface area (Å²) < 4.78 is 6.90. The van der Waals surface area contributed by atoms with Crippen molar-refractivity contribution in [1.29, 1.82) is 0 Å². The van der Waals surface area contributed by atoms with Crippen LogP contribution in [0.15, 0.2) is 212 Å². The van der Waals surface area contributed by atoms with Crippen LogP contribution in [0.2, 0.25) is 0 Å². The van der Waals surface area contributed by atoms with Gasteiger partial charge in [-0.2, -0.15) is 0 Å². The highest BCUT2D eigenvalue weighted by Crippen LogP contribution is 2.40. The Morgan fingerprint density at radius 1 is 0.317 bits per heavy atom. The molecule has 0 saturated heterocycles. The molecule has 6 heteroatoms. The van der Waals surface area contributed by atoms with E-state index in [1.165, 1.54) is 38.2 Å². The summed E-state index contributed by atoms with van der Waals surface area (Å²) in [6.45, 7) is 0. The monoisotopic (exact) mass is 821 g/mol. The van der Waals surface area contributed by atoms with Crippen molar-refractivity contribution in [2.45, 2.75) is 0 Å². The van der Waals surface area contributed by atoms with Gasteiger partial charge in [0.15, 0.2) is 0 Å². The van der Waals surface area contributed by atoms with Crippen LogP contribution in [-0.2, 0) is 0 Å². The topological polar surface area (TPSA) is 48.5 Å². The van der Waals surface area contributed by atoms with Gasteiger partial charge in [-0.25, -0.2) is 9.97 Å². The molecule has 0 atom stereocenters. The summed E-state index contributed by atoms with van der Waals surface area (Å²) in [7, 11) is 0. The molecule has 6 heterocycles. The molecular weight excluding hydrogens is 787 g/mol. The zero-order valence-corrected chi connectivity index (χ0v) is 34.7. The first-order chi connectivity index (χ1) is 31.2. The van der Waals surface area contributed by atoms with E-state index in [0.29, 0.717) is 0 Å². The molecule has 0 fully saturated rings. The maximum absolute atomic E-state index is 5.33. The van der Waals surface area contributed by atoms with Crippen molar-refractivity contribution in [3.05, 3.63) is 212 Å². The predicted molar refractivity (Wildman–Crippen MR) is 263 cm³/mol. The Bertz CT molecular complexity index is 3860. The summed E-state index contributed by atoms with van der Waals surface area (Å²) in [6.07, 6.45) is 1.85. The van der Waals surface area contributed by atoms with E-state index in [4.69, 9.17) is 15.0 Å². The molecule has 0 bridgehead atoms. The van der Waals surface area contributed by atoms with Gasteiger partial charge in [-0.1, -0.05) is 127 Å². The van der Waals surface area contributed by atoms with E-state index in [9.17, 15) is 0 Å². The largest absolute Gasteiger partial charge is 0.294 e. The predicted octanol–water partition coefficient (Wildman–Crippen LogP) is 15.1. The second kappa shape index (κ2) is 14.2. The SMILES string of the molecule is c1ccc(-c2cc(-c3ccccc3)nc(-n3c4ccccc4c4cc(-c5cccc(-c6ccc7c(c6)c6ccccc6n7-c6ccc7sc8cccnc8c7n6)c5)ccc43)c2)cc1. The number of thiophene rings is 1. The van der Waals surface area contributed by atoms with Crippen molar-refractivity contribution < 1.29 is 0 Å². The number of aromatic nitrogens is 5. The lowest BCUT2D eigenvalue weighted by molar-refractivity contribution is 1.08. The Kier molecular flexibility index (Phi) is 8.01. The highest BCUT2D eigenvalue weighted by molar-refractivity contribution is 7.25. The third-order valence-electron chi connectivity index (χ3n) is 12.4. The number of nitrogens with zero attached hydrogens (tertiary/aromatic N) is 5. The van der Waals surface area contributed by atoms with E-state index in [2.05, 4.69) is 209 Å². The maximum Gasteiger partial charge on any atom is 0.138 e. The number of hydrogen-bond donors (Lipinski definition) is 0. The molecule has 13 aromatic rings. The molecule has 0 amide bonds. The Morgan fingerprint density at radius 3 is 1.56 bits per heavy atom. The lowest BCUT2D eigenvalue weighted by Crippen LogP contribution is -2.00. The fraction of sp³-hybridized carbons (Fsp3) is 0. The standard InChI is InChI=1S/C57H35N5S/c1-3-13-36(14-4-1)42-34-47(37-15-5-2-6-16-37)59-55(35-42)62-49-22-10-8-20-44(49)46-33-41(25-27-51(46)62)39-18-11-17-38(31-39)40-24-26-50-45(32-40)43-19-7-9-21-48(43)61(50)54-29-28-53-57(60-54)56-52(63-53)23-12-30-58-56/h1-35H. The van der Waals surface area contributed by atoms with Crippen molar-refractivity contribution in [1.82, 2.24) is 24.1 Å². The summed E-state index contributed by atoms with van der Waals surface area (Å²) in [5.41, 5.74) is 15.4. The number of fused-ring (bicyclic) bond motifs is 9. The molecule has 13 rings (SSSR count). The molecule has 7 aromatic carbocycles. The van der Waals surface area contributed by atoms with Gasteiger partial charge >= 0.3 is 0 Å². The molecule has 0 saturated carbocycles. The summed E-state index contributed by atoms with van der Waals surface area (Å²) in [4.78, 5) is 15.3. The molecule has 0 spiro atoms. The molecule has 6 aromatic heterocycles. The molecule has 0 radical (unpaired) electrons. The van der Waals surface area contributed by atoms with Gasteiger partial charge in [0.05, 0.1) is 37.2 Å². The smallest absolute Gasteiger partial charge is 0.138 e. The van der Waals surface area contributed by atoms with Crippen molar-refractivity contribution in [2.75, 3.05) is 0 Å². The van der Waals surface area contributed by atoms with Gasteiger partial charge in [-0.15, -0.1) is 11.3 Å². The third kappa shape index (κ3) is 5.80. The van der Waals surface area contributed by atoms with Gasteiger partial charge in [0.25, 0.3) is 0 Å². The number of pyridine rings is 3. The van der Waals surface area contributed by atoms with Crippen LogP contribution in [0, 0.1) is 0 Å². The lowest BCUT2D eigenvalue weighted by Gasteiger charge is -2.13. The minimum atomic E-state index is 0.890. The van der Waals surface area contributed by atoms with Crippen molar-refractivity contribution in [2.24, 2.45) is 0 Å². The van der Waals surface area contributed by atoms with Crippen LogP contribution < -0.4 is 0 Å². The zero-order valence-electron chi connectivity index (χ0n) is 33.9. The minimum absolute atomic E-state index is 0.890. The summed E-state index contributed by atoms with van der Waals surface area (Å²) >= 11 is 1.74. The first-order valence-corrected chi connectivity index (χ1v) is 22.0. The molecule has 0 unspecified atom stereocenters. The molecule has 0 aliphatic carbocycles. The number of para-hydroxylation sites is 2. The summed E-state index contributed by atoms with van der Waals surface area (Å²) in [6, 6.07) is 73.8. The van der Waals surface area contributed by atoms with Crippen molar-refractivity contribution >= 4 is 75.4 Å². The van der Waals surface area contributed by atoms with Crippen LogP contribution in [-0.4, -0.2) is 24.1 Å². The van der Waals surface area contributed by atoms with E-state index in [-0.39, 0.29) is 0 Å². The van der Waals surface area contributed by atoms with E-state index >= 15 is 0 Å². The van der Waals surface area contributed by atoms with Gasteiger partial charge in [0.2, 0.25) is 0 Å². The highest BCUT2D eigenvalue weighted by Gasteiger charge is 2.19. The quantitative estimate of drug-likeness (QED) is 0.168. The maximum atomic E-state index is 5.33. The fourth-order valence-corrected chi connectivity index (χ4v) is 10.4. The van der Waals surface area contributed by atoms with Crippen LogP contribution in [0.3, 0.4) is 0 Å². The van der Waals surface area contributed by atoms with Gasteiger partial charge < -0.3 is 0 Å². The van der Waals surface area contributed by atoms with E-state index in [1.54, 1.807) is 11.3 Å². The fourth-order valence-electron chi connectivity index (χ4n) is 9.44. The van der Waals surface area contributed by atoms with Crippen LogP contribution in [0.25, 0.3) is 120 Å². The molecule has 5 nitrogen and oxygen atoms in total. The van der Waals surface area contributed by atoms with Gasteiger partial charge in [-0.3, -0.25) is 14.1 Å².